The Labute approximate surface area is 194 Å². The molecule has 3 aliphatic rings. The summed E-state index contributed by atoms with van der Waals surface area (Å²) in [6.45, 7) is 8.26. The molecule has 0 aliphatic carbocycles. The zero-order valence-electron chi connectivity index (χ0n) is 19.1. The van der Waals surface area contributed by atoms with Crippen molar-refractivity contribution < 1.29 is 19.4 Å². The Kier molecular flexibility index (Phi) is 7.02. The number of thiazole rings is 1. The van der Waals surface area contributed by atoms with E-state index in [1.165, 1.54) is 0 Å². The Morgan fingerprint density at radius 3 is 2.56 bits per heavy atom. The number of nitrogens with zero attached hydrogens (tertiary/aromatic N) is 3. The molecule has 1 N–H and O–H groups in total. The molecule has 3 aliphatic heterocycles. The first-order chi connectivity index (χ1) is 15.4. The quantitative estimate of drug-likeness (QED) is 0.555. The summed E-state index contributed by atoms with van der Waals surface area (Å²) in [7, 11) is 1.69. The summed E-state index contributed by atoms with van der Waals surface area (Å²) in [5, 5.41) is 13.1. The molecule has 1 aromatic heterocycles. The predicted molar refractivity (Wildman–Crippen MR) is 125 cm³/mol. The number of piperidine rings is 3. The van der Waals surface area contributed by atoms with Crippen molar-refractivity contribution in [3.63, 3.8) is 0 Å². The Morgan fingerprint density at radius 2 is 1.97 bits per heavy atom. The second-order valence-electron chi connectivity index (χ2n) is 9.17. The molecule has 7 nitrogen and oxygen atoms in total. The van der Waals surface area contributed by atoms with Crippen LogP contribution in [0.4, 0.5) is 4.79 Å². The Bertz CT molecular complexity index is 906. The van der Waals surface area contributed by atoms with Gasteiger partial charge in [0.1, 0.15) is 10.8 Å². The highest BCUT2D eigenvalue weighted by Crippen LogP contribution is 2.39. The molecule has 1 aromatic carbocycles. The smallest absolute Gasteiger partial charge is 0.408 e. The molecule has 174 valence electrons. The van der Waals surface area contributed by atoms with Gasteiger partial charge in [-0.05, 0) is 70.0 Å². The fraction of sp³-hybridized carbons (Fsp3) is 0.583. The van der Waals surface area contributed by atoms with Gasteiger partial charge < -0.3 is 19.5 Å². The van der Waals surface area contributed by atoms with Crippen LogP contribution in [0.2, 0.25) is 0 Å². The van der Waals surface area contributed by atoms with Gasteiger partial charge in [0, 0.05) is 37.6 Å². The largest absolute Gasteiger partial charge is 0.494 e. The monoisotopic (exact) mass is 459 g/mol. The van der Waals surface area contributed by atoms with E-state index in [2.05, 4.69) is 4.90 Å². The summed E-state index contributed by atoms with van der Waals surface area (Å²) in [6, 6.07) is 7.92. The highest BCUT2D eigenvalue weighted by atomic mass is 32.1. The van der Waals surface area contributed by atoms with E-state index in [0.717, 1.165) is 60.9 Å². The van der Waals surface area contributed by atoms with Crippen LogP contribution in [-0.4, -0.2) is 72.0 Å². The molecule has 3 fully saturated rings. The second kappa shape index (κ2) is 9.77. The average Bonchev–Trinajstić information content (AvgIpc) is 3.29. The number of aromatic nitrogens is 1. The molecule has 1 amide bonds. The van der Waals surface area contributed by atoms with Crippen LogP contribution < -0.4 is 4.74 Å². The van der Waals surface area contributed by atoms with Crippen LogP contribution in [0.3, 0.4) is 0 Å². The first-order valence-electron chi connectivity index (χ1n) is 11.3. The van der Waals surface area contributed by atoms with Crippen LogP contribution in [0, 0.1) is 5.92 Å². The topological polar surface area (TPSA) is 75.1 Å². The maximum atomic E-state index is 12.4. The summed E-state index contributed by atoms with van der Waals surface area (Å²) >= 11 is 1.55. The van der Waals surface area contributed by atoms with E-state index in [1.54, 1.807) is 23.3 Å². The Hall–Kier alpha value is -2.16. The molecule has 3 saturated heterocycles. The standard InChI is InChI=1S/C24H33N3O4S/c1-24(2,27(23(28)29)20-15-26-11-9-17(20)10-12-26)21-16-32-22(25-21)18-5-7-19(8-6-18)31-14-4-13-30-3/h5-8,16-17,20H,4,9-15H2,1-3H3,(H,28,29). The fourth-order valence-electron chi connectivity index (χ4n) is 4.92. The lowest BCUT2D eigenvalue weighted by atomic mass is 9.81. The molecule has 2 aromatic rings. The van der Waals surface area contributed by atoms with Gasteiger partial charge in [0.25, 0.3) is 0 Å². The van der Waals surface area contributed by atoms with Gasteiger partial charge in [-0.15, -0.1) is 11.3 Å². The third kappa shape index (κ3) is 4.77. The van der Waals surface area contributed by atoms with Crippen molar-refractivity contribution in [3.05, 3.63) is 35.3 Å². The van der Waals surface area contributed by atoms with Crippen LogP contribution in [0.1, 0.15) is 38.8 Å². The van der Waals surface area contributed by atoms with E-state index < -0.39 is 11.6 Å². The SMILES string of the molecule is COCCCOc1ccc(-c2nc(C(C)(C)N(C(=O)O)C3CN4CCC3CC4)cs2)cc1. The summed E-state index contributed by atoms with van der Waals surface area (Å²) in [5.74, 6) is 1.26. The van der Waals surface area contributed by atoms with Gasteiger partial charge in [-0.1, -0.05) is 0 Å². The number of fused-ring (bicyclic) bond motifs is 3. The molecular formula is C24H33N3O4S. The highest BCUT2D eigenvalue weighted by Gasteiger charge is 2.46. The molecule has 4 heterocycles. The summed E-state index contributed by atoms with van der Waals surface area (Å²) < 4.78 is 10.8. The minimum Gasteiger partial charge on any atom is -0.494 e. The number of carbonyl (C=O) groups is 1. The van der Waals surface area contributed by atoms with Crippen molar-refractivity contribution in [1.82, 2.24) is 14.8 Å². The Balaban J connectivity index is 1.49. The molecular weight excluding hydrogens is 426 g/mol. The third-order valence-corrected chi connectivity index (χ3v) is 7.65. The maximum Gasteiger partial charge on any atom is 0.408 e. The van der Waals surface area contributed by atoms with Gasteiger partial charge in [-0.25, -0.2) is 9.78 Å². The zero-order chi connectivity index (χ0) is 22.7. The number of hydrogen-bond acceptors (Lipinski definition) is 6. The van der Waals surface area contributed by atoms with Gasteiger partial charge >= 0.3 is 6.09 Å². The number of benzene rings is 1. The van der Waals surface area contributed by atoms with Gasteiger partial charge in [-0.3, -0.25) is 4.90 Å². The number of amides is 1. The maximum absolute atomic E-state index is 12.4. The molecule has 1 atom stereocenters. The second-order valence-corrected chi connectivity index (χ2v) is 10.0. The average molecular weight is 460 g/mol. The number of ether oxygens (including phenoxy) is 2. The van der Waals surface area contributed by atoms with Gasteiger partial charge in [0.15, 0.2) is 0 Å². The van der Waals surface area contributed by atoms with Crippen molar-refractivity contribution in [3.8, 4) is 16.3 Å². The minimum absolute atomic E-state index is 0.0182. The van der Waals surface area contributed by atoms with E-state index in [1.807, 2.05) is 43.5 Å². The molecule has 2 bridgehead atoms. The zero-order valence-corrected chi connectivity index (χ0v) is 19.9. The summed E-state index contributed by atoms with van der Waals surface area (Å²) in [4.78, 5) is 21.3. The van der Waals surface area contributed by atoms with Crippen LogP contribution in [0.5, 0.6) is 5.75 Å². The Morgan fingerprint density at radius 1 is 1.25 bits per heavy atom. The number of rotatable bonds is 9. The van der Waals surface area contributed by atoms with Crippen molar-refractivity contribution >= 4 is 17.4 Å². The van der Waals surface area contributed by atoms with E-state index >= 15 is 0 Å². The first kappa shape index (κ1) is 23.0. The minimum atomic E-state index is -0.863. The molecule has 1 unspecified atom stereocenters. The number of hydrogen-bond donors (Lipinski definition) is 1. The van der Waals surface area contributed by atoms with Crippen LogP contribution in [0.15, 0.2) is 29.6 Å². The van der Waals surface area contributed by atoms with Crippen molar-refractivity contribution in [2.24, 2.45) is 5.92 Å². The van der Waals surface area contributed by atoms with E-state index in [9.17, 15) is 9.90 Å². The van der Waals surface area contributed by atoms with Crippen LogP contribution in [0.25, 0.3) is 10.6 Å². The van der Waals surface area contributed by atoms with Crippen molar-refractivity contribution in [1.29, 1.82) is 0 Å². The summed E-state index contributed by atoms with van der Waals surface area (Å²) in [6.07, 6.45) is 2.14. The van der Waals surface area contributed by atoms with Crippen molar-refractivity contribution in [2.75, 3.05) is 40.0 Å². The van der Waals surface area contributed by atoms with Crippen LogP contribution in [-0.2, 0) is 10.3 Å². The van der Waals surface area contributed by atoms with Gasteiger partial charge in [0.2, 0.25) is 0 Å². The first-order valence-corrected chi connectivity index (χ1v) is 12.2. The molecule has 32 heavy (non-hydrogen) atoms. The lowest BCUT2D eigenvalue weighted by Gasteiger charge is -2.52. The van der Waals surface area contributed by atoms with Gasteiger partial charge in [0.05, 0.1) is 23.9 Å². The fourth-order valence-corrected chi connectivity index (χ4v) is 5.91. The van der Waals surface area contributed by atoms with E-state index in [4.69, 9.17) is 14.5 Å². The third-order valence-electron chi connectivity index (χ3n) is 6.76. The van der Waals surface area contributed by atoms with Crippen LogP contribution >= 0.6 is 11.3 Å². The summed E-state index contributed by atoms with van der Waals surface area (Å²) in [5.41, 5.74) is 1.11. The molecule has 5 rings (SSSR count). The number of carboxylic acid groups (broad SMARTS) is 1. The molecule has 0 radical (unpaired) electrons. The van der Waals surface area contributed by atoms with E-state index in [-0.39, 0.29) is 6.04 Å². The van der Waals surface area contributed by atoms with Crippen molar-refractivity contribution in [2.45, 2.75) is 44.7 Å². The lowest BCUT2D eigenvalue weighted by Crippen LogP contribution is -2.62. The van der Waals surface area contributed by atoms with Gasteiger partial charge in [-0.2, -0.15) is 0 Å². The molecule has 0 spiro atoms. The highest BCUT2D eigenvalue weighted by molar-refractivity contribution is 7.13. The lowest BCUT2D eigenvalue weighted by molar-refractivity contribution is -0.0298. The normalized spacial score (nSPS) is 22.7. The van der Waals surface area contributed by atoms with E-state index in [0.29, 0.717) is 19.1 Å². The predicted octanol–water partition coefficient (Wildman–Crippen LogP) is 4.53. The molecule has 8 heteroatoms. The molecule has 0 saturated carbocycles. The number of methoxy groups -OCH3 is 1.